The molecule has 0 aliphatic carbocycles. The Balaban J connectivity index is 2.21. The predicted octanol–water partition coefficient (Wildman–Crippen LogP) is 2.84. The number of anilines is 1. The average molecular weight is 369 g/mol. The molecule has 0 bridgehead atoms. The maximum absolute atomic E-state index is 12.3. The third-order valence-corrected chi connectivity index (χ3v) is 4.51. The summed E-state index contributed by atoms with van der Waals surface area (Å²) in [5, 5.41) is 0. The highest BCUT2D eigenvalue weighted by Crippen LogP contribution is 2.16. The largest absolute Gasteiger partial charge is 0.289 e. The first kappa shape index (κ1) is 15.7. The van der Waals surface area contributed by atoms with Gasteiger partial charge in [-0.15, -0.1) is 0 Å². The Kier molecular flexibility index (Phi) is 4.74. The zero-order valence-electron chi connectivity index (χ0n) is 11.2. The maximum Gasteiger partial charge on any atom is 0.232 e. The average Bonchev–Trinajstić information content (AvgIpc) is 2.47. The summed E-state index contributed by atoms with van der Waals surface area (Å²) in [5.74, 6) is -0.175. The molecule has 0 unspecified atom stereocenters. The van der Waals surface area contributed by atoms with Crippen molar-refractivity contribution in [2.24, 2.45) is 0 Å². The molecule has 5 nitrogen and oxygen atoms in total. The van der Waals surface area contributed by atoms with Gasteiger partial charge in [0, 0.05) is 33.7 Å². The molecule has 1 N–H and O–H groups in total. The van der Waals surface area contributed by atoms with Crippen molar-refractivity contribution in [1.82, 2.24) is 4.98 Å². The van der Waals surface area contributed by atoms with Crippen molar-refractivity contribution in [3.05, 3.63) is 58.3 Å². The molecule has 0 atom stereocenters. The molecule has 21 heavy (non-hydrogen) atoms. The summed E-state index contributed by atoms with van der Waals surface area (Å²) in [4.78, 5) is 16.2. The number of hydrogen-bond donors (Lipinski definition) is 1. The number of hydrogen-bond acceptors (Lipinski definition) is 4. The lowest BCUT2D eigenvalue weighted by Crippen LogP contribution is -2.14. The molecule has 7 heteroatoms. The van der Waals surface area contributed by atoms with Crippen LogP contribution in [0.25, 0.3) is 0 Å². The fourth-order valence-electron chi connectivity index (χ4n) is 1.64. The van der Waals surface area contributed by atoms with Crippen LogP contribution in [0.2, 0.25) is 0 Å². The lowest BCUT2D eigenvalue weighted by atomic mass is 10.1. The fourth-order valence-corrected chi connectivity index (χ4v) is 2.65. The summed E-state index contributed by atoms with van der Waals surface area (Å²) < 4.78 is 26.1. The molecular formula is C14H13BrN2O3S. The topological polar surface area (TPSA) is 76.1 Å². The Bertz CT molecular complexity index is 758. The van der Waals surface area contributed by atoms with E-state index in [1.54, 1.807) is 43.5 Å². The number of ketones is 1. The predicted molar refractivity (Wildman–Crippen MR) is 84.9 cm³/mol. The normalized spacial score (nSPS) is 11.1. The van der Waals surface area contributed by atoms with Gasteiger partial charge >= 0.3 is 0 Å². The van der Waals surface area contributed by atoms with E-state index >= 15 is 0 Å². The van der Waals surface area contributed by atoms with Gasteiger partial charge in [-0.05, 0) is 53.2 Å². The first-order valence-electron chi connectivity index (χ1n) is 6.17. The van der Waals surface area contributed by atoms with Crippen LogP contribution in [0.15, 0.2) is 47.2 Å². The number of carbonyl (C=O) groups excluding carboxylic acids is 1. The van der Waals surface area contributed by atoms with Crippen LogP contribution in [-0.4, -0.2) is 24.9 Å². The van der Waals surface area contributed by atoms with E-state index in [9.17, 15) is 13.2 Å². The Labute approximate surface area is 131 Å². The summed E-state index contributed by atoms with van der Waals surface area (Å²) in [6.45, 7) is 1.56. The zero-order chi connectivity index (χ0) is 15.5. The highest BCUT2D eigenvalue weighted by molar-refractivity contribution is 9.10. The van der Waals surface area contributed by atoms with Gasteiger partial charge in [0.15, 0.2) is 5.78 Å². The minimum atomic E-state index is -3.31. The van der Waals surface area contributed by atoms with Gasteiger partial charge in [0.05, 0.1) is 5.75 Å². The first-order valence-corrected chi connectivity index (χ1v) is 8.61. The van der Waals surface area contributed by atoms with Gasteiger partial charge < -0.3 is 0 Å². The smallest absolute Gasteiger partial charge is 0.232 e. The summed E-state index contributed by atoms with van der Waals surface area (Å²) in [7, 11) is -3.31. The van der Waals surface area contributed by atoms with Gasteiger partial charge in [-0.2, -0.15) is 0 Å². The fraction of sp³-hybridized carbons (Fsp3) is 0.143. The highest BCUT2D eigenvalue weighted by atomic mass is 79.9. The van der Waals surface area contributed by atoms with Gasteiger partial charge in [0.1, 0.15) is 0 Å². The van der Waals surface area contributed by atoms with Crippen molar-refractivity contribution >= 4 is 37.4 Å². The zero-order valence-corrected chi connectivity index (χ0v) is 13.6. The Hall–Kier alpha value is -1.73. The summed E-state index contributed by atoms with van der Waals surface area (Å²) in [6, 6.07) is 7.97. The van der Waals surface area contributed by atoms with Gasteiger partial charge in [0.25, 0.3) is 0 Å². The van der Waals surface area contributed by atoms with E-state index in [1.807, 2.05) is 0 Å². The van der Waals surface area contributed by atoms with Crippen molar-refractivity contribution in [3.63, 3.8) is 0 Å². The summed E-state index contributed by atoms with van der Waals surface area (Å²) in [6.07, 6.45) is 3.08. The van der Waals surface area contributed by atoms with Crippen LogP contribution in [0.4, 0.5) is 5.69 Å². The minimum Gasteiger partial charge on any atom is -0.289 e. The molecule has 110 valence electrons. The molecule has 0 spiro atoms. The highest BCUT2D eigenvalue weighted by Gasteiger charge is 2.11. The van der Waals surface area contributed by atoms with Gasteiger partial charge in [-0.1, -0.05) is 0 Å². The quantitative estimate of drug-likeness (QED) is 0.823. The van der Waals surface area contributed by atoms with Crippen molar-refractivity contribution in [3.8, 4) is 0 Å². The second-order valence-electron chi connectivity index (χ2n) is 4.30. The molecule has 1 aromatic carbocycles. The van der Waals surface area contributed by atoms with E-state index < -0.39 is 10.0 Å². The molecule has 2 aromatic rings. The Morgan fingerprint density at radius 1 is 1.19 bits per heavy atom. The van der Waals surface area contributed by atoms with Crippen LogP contribution >= 0.6 is 15.9 Å². The van der Waals surface area contributed by atoms with Gasteiger partial charge in [-0.3, -0.25) is 14.5 Å². The monoisotopic (exact) mass is 368 g/mol. The van der Waals surface area contributed by atoms with Crippen LogP contribution in [0, 0.1) is 0 Å². The van der Waals surface area contributed by atoms with Gasteiger partial charge in [-0.25, -0.2) is 8.42 Å². The number of halogens is 1. The number of aromatic nitrogens is 1. The molecule has 0 saturated carbocycles. The molecule has 1 aromatic heterocycles. The number of nitrogens with zero attached hydrogens (tertiary/aromatic N) is 1. The third kappa shape index (κ3) is 4.12. The van der Waals surface area contributed by atoms with E-state index in [0.717, 1.165) is 4.47 Å². The van der Waals surface area contributed by atoms with Crippen LogP contribution in [-0.2, 0) is 10.0 Å². The molecular weight excluding hydrogens is 356 g/mol. The molecule has 0 saturated heterocycles. The number of nitrogens with one attached hydrogen (secondary N) is 1. The number of rotatable bonds is 5. The molecule has 0 fully saturated rings. The lowest BCUT2D eigenvalue weighted by molar-refractivity contribution is 0.103. The van der Waals surface area contributed by atoms with E-state index in [-0.39, 0.29) is 11.5 Å². The third-order valence-electron chi connectivity index (χ3n) is 2.77. The van der Waals surface area contributed by atoms with E-state index in [1.165, 1.54) is 6.20 Å². The molecule has 0 aliphatic heterocycles. The van der Waals surface area contributed by atoms with Crippen LogP contribution < -0.4 is 4.72 Å². The lowest BCUT2D eigenvalue weighted by Gasteiger charge is -2.07. The van der Waals surface area contributed by atoms with E-state index in [2.05, 4.69) is 25.6 Å². The SMILES string of the molecule is CCS(=O)(=O)Nc1ccc(C(=O)c2cncc(Br)c2)cc1. The molecule has 0 radical (unpaired) electrons. The van der Waals surface area contributed by atoms with Gasteiger partial charge in [0.2, 0.25) is 10.0 Å². The minimum absolute atomic E-state index is 0.00259. The Morgan fingerprint density at radius 2 is 1.86 bits per heavy atom. The number of sulfonamides is 1. The molecule has 1 heterocycles. The molecule has 0 amide bonds. The summed E-state index contributed by atoms with van der Waals surface area (Å²) >= 11 is 3.26. The number of pyridine rings is 1. The van der Waals surface area contributed by atoms with Crippen LogP contribution in [0.3, 0.4) is 0 Å². The maximum atomic E-state index is 12.3. The van der Waals surface area contributed by atoms with Crippen LogP contribution in [0.1, 0.15) is 22.8 Å². The first-order chi connectivity index (χ1) is 9.91. The van der Waals surface area contributed by atoms with Crippen molar-refractivity contribution in [2.45, 2.75) is 6.92 Å². The van der Waals surface area contributed by atoms with Crippen LogP contribution in [0.5, 0.6) is 0 Å². The summed E-state index contributed by atoms with van der Waals surface area (Å²) in [5.41, 5.74) is 1.36. The number of carbonyl (C=O) groups is 1. The van der Waals surface area contributed by atoms with E-state index in [4.69, 9.17) is 0 Å². The molecule has 2 rings (SSSR count). The number of benzene rings is 1. The van der Waals surface area contributed by atoms with Crippen molar-refractivity contribution in [2.75, 3.05) is 10.5 Å². The second-order valence-corrected chi connectivity index (χ2v) is 7.23. The van der Waals surface area contributed by atoms with Crippen molar-refractivity contribution in [1.29, 1.82) is 0 Å². The Morgan fingerprint density at radius 3 is 2.43 bits per heavy atom. The molecule has 0 aliphatic rings. The van der Waals surface area contributed by atoms with Crippen molar-refractivity contribution < 1.29 is 13.2 Å². The second kappa shape index (κ2) is 6.36. The standard InChI is InChI=1S/C14H13BrN2O3S/c1-2-21(19,20)17-13-5-3-10(4-6-13)14(18)11-7-12(15)9-16-8-11/h3-9,17H,2H2,1H3. The van der Waals surface area contributed by atoms with E-state index in [0.29, 0.717) is 16.8 Å².